The van der Waals surface area contributed by atoms with Crippen molar-refractivity contribution in [3.05, 3.63) is 112 Å². The second-order valence-electron chi connectivity index (χ2n) is 8.62. The van der Waals surface area contributed by atoms with Crippen molar-refractivity contribution in [3.8, 4) is 5.75 Å². The Hall–Kier alpha value is -3.51. The monoisotopic (exact) mass is 518 g/mol. The molecule has 0 fully saturated rings. The molecule has 5 nitrogen and oxygen atoms in total. The van der Waals surface area contributed by atoms with Crippen molar-refractivity contribution in [2.75, 3.05) is 0 Å². The van der Waals surface area contributed by atoms with E-state index in [1.54, 1.807) is 12.1 Å². The summed E-state index contributed by atoms with van der Waals surface area (Å²) in [6.45, 7) is 0.587. The highest BCUT2D eigenvalue weighted by atomic mass is 35.5. The van der Waals surface area contributed by atoms with Gasteiger partial charge in [0.2, 0.25) is 0 Å². The smallest absolute Gasteiger partial charge is 0.321 e. The Morgan fingerprint density at radius 1 is 0.944 bits per heavy atom. The minimum atomic E-state index is -0.907. The van der Waals surface area contributed by atoms with Crippen LogP contribution in [0.3, 0.4) is 0 Å². The van der Waals surface area contributed by atoms with Crippen LogP contribution < -0.4 is 10.1 Å². The van der Waals surface area contributed by atoms with Gasteiger partial charge in [-0.3, -0.25) is 10.1 Å². The molecular weight excluding hydrogens is 495 g/mol. The van der Waals surface area contributed by atoms with Crippen LogP contribution in [0.1, 0.15) is 16.7 Å². The van der Waals surface area contributed by atoms with Crippen LogP contribution in [0.25, 0.3) is 21.7 Å². The summed E-state index contributed by atoms with van der Waals surface area (Å²) >= 11 is 12.4. The highest BCUT2D eigenvalue weighted by molar-refractivity contribution is 6.35. The van der Waals surface area contributed by atoms with Crippen LogP contribution in [0.15, 0.2) is 85.1 Å². The zero-order chi connectivity index (χ0) is 25.1. The molecule has 3 N–H and O–H groups in total. The fraction of sp³-hybridized carbons (Fsp3) is 0.138. The third kappa shape index (κ3) is 5.19. The van der Waals surface area contributed by atoms with Crippen molar-refractivity contribution in [1.82, 2.24) is 10.3 Å². The fourth-order valence-corrected chi connectivity index (χ4v) is 4.88. The van der Waals surface area contributed by atoms with Crippen LogP contribution >= 0.6 is 23.2 Å². The third-order valence-corrected chi connectivity index (χ3v) is 6.91. The lowest BCUT2D eigenvalue weighted by atomic mass is 10.0. The van der Waals surface area contributed by atoms with Crippen LogP contribution in [-0.2, 0) is 24.4 Å². The number of rotatable bonds is 9. The lowest BCUT2D eigenvalue weighted by molar-refractivity contribution is -0.139. The Labute approximate surface area is 218 Å². The number of hydrogen-bond acceptors (Lipinski definition) is 3. The first-order valence-corrected chi connectivity index (χ1v) is 12.3. The van der Waals surface area contributed by atoms with Crippen LogP contribution in [0.4, 0.5) is 0 Å². The first kappa shape index (κ1) is 24.2. The van der Waals surface area contributed by atoms with E-state index in [2.05, 4.69) is 10.3 Å². The first-order chi connectivity index (χ1) is 17.5. The van der Waals surface area contributed by atoms with Gasteiger partial charge in [-0.25, -0.2) is 0 Å². The third-order valence-electron chi connectivity index (χ3n) is 6.32. The number of H-pyrrole nitrogens is 1. The van der Waals surface area contributed by atoms with Crippen molar-refractivity contribution in [3.63, 3.8) is 0 Å². The van der Waals surface area contributed by atoms with Crippen molar-refractivity contribution in [2.24, 2.45) is 0 Å². The number of para-hydroxylation sites is 1. The SMILES string of the molecule is O=C(O)[C@H](Cc1c[nH]c2ccccc12)NCc1c(OCc2ccc(Cl)cc2Cl)ccc2ccccc12. The summed E-state index contributed by atoms with van der Waals surface area (Å²) < 4.78 is 6.19. The summed E-state index contributed by atoms with van der Waals surface area (Å²) in [4.78, 5) is 15.4. The van der Waals surface area contributed by atoms with E-state index in [1.807, 2.05) is 72.9 Å². The average Bonchev–Trinajstić information content (AvgIpc) is 3.29. The van der Waals surface area contributed by atoms with E-state index in [-0.39, 0.29) is 6.61 Å². The first-order valence-electron chi connectivity index (χ1n) is 11.6. The van der Waals surface area contributed by atoms with E-state index in [4.69, 9.17) is 27.9 Å². The standard InChI is InChI=1S/C29H24Cl2N2O3/c30-21-11-9-19(25(31)14-21)17-36-28-12-10-18-5-1-2-6-22(18)24(28)16-33-27(29(34)35)13-20-15-32-26-8-4-3-7-23(20)26/h1-12,14-15,27,32-33H,13,16-17H2,(H,34,35)/t27-/m0/s1. The minimum Gasteiger partial charge on any atom is -0.488 e. The number of carboxylic acids is 1. The van der Waals surface area contributed by atoms with Gasteiger partial charge in [0, 0.05) is 51.2 Å². The number of carboxylic acid groups (broad SMARTS) is 1. The number of hydrogen-bond donors (Lipinski definition) is 3. The number of halogens is 2. The topological polar surface area (TPSA) is 74.3 Å². The Bertz CT molecular complexity index is 1550. The van der Waals surface area contributed by atoms with Gasteiger partial charge in [0.1, 0.15) is 18.4 Å². The lowest BCUT2D eigenvalue weighted by Gasteiger charge is -2.19. The zero-order valence-electron chi connectivity index (χ0n) is 19.3. The van der Waals surface area contributed by atoms with Crippen molar-refractivity contribution in [2.45, 2.75) is 25.6 Å². The minimum absolute atomic E-state index is 0.263. The molecule has 7 heteroatoms. The summed E-state index contributed by atoms with van der Waals surface area (Å²) in [5.74, 6) is -0.237. The number of fused-ring (bicyclic) bond motifs is 2. The summed E-state index contributed by atoms with van der Waals surface area (Å²) in [5.41, 5.74) is 3.65. The molecule has 0 unspecified atom stereocenters. The van der Waals surface area contributed by atoms with Crippen LogP contribution in [0.2, 0.25) is 10.0 Å². The van der Waals surface area contributed by atoms with Gasteiger partial charge in [0.15, 0.2) is 0 Å². The largest absolute Gasteiger partial charge is 0.488 e. The molecule has 5 rings (SSSR count). The van der Waals surface area contributed by atoms with Gasteiger partial charge in [-0.05, 0) is 40.6 Å². The molecule has 5 aromatic rings. The molecular formula is C29H24Cl2N2O3. The number of nitrogens with one attached hydrogen (secondary N) is 2. The highest BCUT2D eigenvalue weighted by Gasteiger charge is 2.21. The number of benzene rings is 4. The van der Waals surface area contributed by atoms with Crippen molar-refractivity contribution < 1.29 is 14.6 Å². The molecule has 1 atom stereocenters. The molecule has 1 aromatic heterocycles. The molecule has 36 heavy (non-hydrogen) atoms. The molecule has 0 aliphatic rings. The second-order valence-corrected chi connectivity index (χ2v) is 9.47. The molecule has 4 aromatic carbocycles. The Kier molecular flexibility index (Phi) is 7.14. The summed E-state index contributed by atoms with van der Waals surface area (Å²) in [5, 5.41) is 17.4. The average molecular weight is 519 g/mol. The van der Waals surface area contributed by atoms with E-state index >= 15 is 0 Å². The van der Waals surface area contributed by atoms with Crippen molar-refractivity contribution in [1.29, 1.82) is 0 Å². The maximum atomic E-state index is 12.2. The number of aromatic nitrogens is 1. The molecule has 0 saturated carbocycles. The van der Waals surface area contributed by atoms with E-state index in [1.165, 1.54) is 0 Å². The number of ether oxygens (including phenoxy) is 1. The maximum absolute atomic E-state index is 12.2. The Morgan fingerprint density at radius 3 is 2.53 bits per heavy atom. The number of aromatic amines is 1. The Balaban J connectivity index is 1.40. The second kappa shape index (κ2) is 10.6. The molecule has 0 saturated heterocycles. The quantitative estimate of drug-likeness (QED) is 0.196. The van der Waals surface area contributed by atoms with Gasteiger partial charge in [0.05, 0.1) is 0 Å². The van der Waals surface area contributed by atoms with E-state index < -0.39 is 12.0 Å². The molecule has 0 aliphatic carbocycles. The van der Waals surface area contributed by atoms with E-state index in [9.17, 15) is 9.90 Å². The molecule has 0 aliphatic heterocycles. The molecule has 0 amide bonds. The Morgan fingerprint density at radius 2 is 1.72 bits per heavy atom. The summed E-state index contributed by atoms with van der Waals surface area (Å²) in [6.07, 6.45) is 2.23. The van der Waals surface area contributed by atoms with Crippen LogP contribution in [0, 0.1) is 0 Å². The van der Waals surface area contributed by atoms with Gasteiger partial charge in [0.25, 0.3) is 0 Å². The maximum Gasteiger partial charge on any atom is 0.321 e. The van der Waals surface area contributed by atoms with Crippen LogP contribution in [0.5, 0.6) is 5.75 Å². The normalized spacial score (nSPS) is 12.2. The molecule has 0 bridgehead atoms. The van der Waals surface area contributed by atoms with Gasteiger partial charge in [-0.2, -0.15) is 0 Å². The van der Waals surface area contributed by atoms with Crippen molar-refractivity contribution >= 4 is 50.8 Å². The molecule has 0 spiro atoms. The van der Waals surface area contributed by atoms with E-state index in [0.717, 1.165) is 38.4 Å². The van der Waals surface area contributed by atoms with Crippen LogP contribution in [-0.4, -0.2) is 22.1 Å². The van der Waals surface area contributed by atoms with Gasteiger partial charge in [-0.1, -0.05) is 77.8 Å². The highest BCUT2D eigenvalue weighted by Crippen LogP contribution is 2.30. The van der Waals surface area contributed by atoms with E-state index in [0.29, 0.717) is 28.8 Å². The van der Waals surface area contributed by atoms with Gasteiger partial charge < -0.3 is 14.8 Å². The molecule has 0 radical (unpaired) electrons. The van der Waals surface area contributed by atoms with Gasteiger partial charge >= 0.3 is 5.97 Å². The predicted molar refractivity (Wildman–Crippen MR) is 145 cm³/mol. The number of aliphatic carboxylic acids is 1. The fourth-order valence-electron chi connectivity index (χ4n) is 4.42. The summed E-state index contributed by atoms with van der Waals surface area (Å²) in [6, 6.07) is 24.3. The zero-order valence-corrected chi connectivity index (χ0v) is 20.8. The predicted octanol–water partition coefficient (Wildman–Crippen LogP) is 6.99. The molecule has 1 heterocycles. The van der Waals surface area contributed by atoms with Gasteiger partial charge in [-0.15, -0.1) is 0 Å². The lowest BCUT2D eigenvalue weighted by Crippen LogP contribution is -2.38. The molecule has 182 valence electrons. The summed E-state index contributed by atoms with van der Waals surface area (Å²) in [7, 11) is 0. The number of carbonyl (C=O) groups is 1.